The Kier molecular flexibility index (Phi) is 6.12. The van der Waals surface area contributed by atoms with Gasteiger partial charge >= 0.3 is 0 Å². The van der Waals surface area contributed by atoms with E-state index >= 15 is 0 Å². The van der Waals surface area contributed by atoms with Gasteiger partial charge in [0.05, 0.1) is 5.69 Å². The van der Waals surface area contributed by atoms with E-state index in [4.69, 9.17) is 4.74 Å². The fraction of sp³-hybridized carbons (Fsp3) is 0.421. The molecule has 0 spiro atoms. The highest BCUT2D eigenvalue weighted by Crippen LogP contribution is 2.14. The van der Waals surface area contributed by atoms with Crippen LogP contribution >= 0.6 is 0 Å². The Morgan fingerprint density at radius 1 is 1.15 bits per heavy atom. The number of carbonyl (C=O) groups is 1. The number of anilines is 1. The van der Waals surface area contributed by atoms with E-state index in [1.807, 2.05) is 4.90 Å². The summed E-state index contributed by atoms with van der Waals surface area (Å²) in [6.45, 7) is 2.69. The highest BCUT2D eigenvalue weighted by molar-refractivity contribution is 5.50. The Bertz CT molecular complexity index is 797. The van der Waals surface area contributed by atoms with E-state index in [9.17, 15) is 14.0 Å². The minimum atomic E-state index is -0.360. The maximum absolute atomic E-state index is 13.2. The molecule has 2 aromatic rings. The van der Waals surface area contributed by atoms with Crippen molar-refractivity contribution in [2.45, 2.75) is 25.7 Å². The van der Waals surface area contributed by atoms with Crippen LogP contribution in [0.2, 0.25) is 0 Å². The van der Waals surface area contributed by atoms with Crippen molar-refractivity contribution in [2.75, 3.05) is 31.2 Å². The van der Waals surface area contributed by atoms with Crippen LogP contribution in [-0.2, 0) is 16.0 Å². The number of hydrogen-bond acceptors (Lipinski definition) is 5. The molecule has 0 saturated carbocycles. The molecule has 138 valence electrons. The molecule has 0 atom stereocenters. The van der Waals surface area contributed by atoms with Crippen molar-refractivity contribution < 1.29 is 13.9 Å². The second-order valence-electron chi connectivity index (χ2n) is 6.22. The Morgan fingerprint density at radius 2 is 1.85 bits per heavy atom. The zero-order valence-corrected chi connectivity index (χ0v) is 14.6. The van der Waals surface area contributed by atoms with Crippen LogP contribution in [0.4, 0.5) is 10.2 Å². The standard InChI is InChI=1S/C19H22FN3O3/c20-15-5-7-17(8-6-15)23-14-16(4-1-11-24)21-18(19(23)25)22-9-2-12-26-13-3-10-22/h5-8,11,14H,1-4,9-10,12-13H2. The molecule has 1 aromatic carbocycles. The van der Waals surface area contributed by atoms with Gasteiger partial charge in [0, 0.05) is 44.6 Å². The first-order chi connectivity index (χ1) is 12.7. The zero-order chi connectivity index (χ0) is 18.4. The normalized spacial score (nSPS) is 15.3. The molecule has 1 aliphatic rings. The van der Waals surface area contributed by atoms with Crippen LogP contribution in [0.3, 0.4) is 0 Å². The predicted molar refractivity (Wildman–Crippen MR) is 96.4 cm³/mol. The third-order valence-corrected chi connectivity index (χ3v) is 4.29. The Morgan fingerprint density at radius 3 is 2.50 bits per heavy atom. The quantitative estimate of drug-likeness (QED) is 0.765. The molecule has 2 heterocycles. The van der Waals surface area contributed by atoms with E-state index in [0.29, 0.717) is 56.3 Å². The summed E-state index contributed by atoms with van der Waals surface area (Å²) in [5, 5.41) is 0. The molecule has 0 N–H and O–H groups in total. The van der Waals surface area contributed by atoms with Crippen LogP contribution in [-0.4, -0.2) is 42.1 Å². The molecule has 1 aliphatic heterocycles. The molecular formula is C19H22FN3O3. The van der Waals surface area contributed by atoms with Crippen molar-refractivity contribution in [3.8, 4) is 5.69 Å². The lowest BCUT2D eigenvalue weighted by atomic mass is 10.2. The van der Waals surface area contributed by atoms with Crippen molar-refractivity contribution in [1.82, 2.24) is 9.55 Å². The van der Waals surface area contributed by atoms with Gasteiger partial charge in [-0.3, -0.25) is 9.36 Å². The monoisotopic (exact) mass is 359 g/mol. The molecule has 6 nitrogen and oxygen atoms in total. The zero-order valence-electron chi connectivity index (χ0n) is 14.6. The number of ether oxygens (including phenoxy) is 1. The van der Waals surface area contributed by atoms with Crippen molar-refractivity contribution in [1.29, 1.82) is 0 Å². The lowest BCUT2D eigenvalue weighted by molar-refractivity contribution is -0.107. The molecule has 0 bridgehead atoms. The average molecular weight is 359 g/mol. The first kappa shape index (κ1) is 18.3. The van der Waals surface area contributed by atoms with E-state index in [1.54, 1.807) is 18.3 Å². The van der Waals surface area contributed by atoms with Crippen LogP contribution in [0, 0.1) is 5.82 Å². The van der Waals surface area contributed by atoms with E-state index in [-0.39, 0.29) is 11.4 Å². The number of aryl methyl sites for hydroxylation is 1. The molecule has 3 rings (SSSR count). The van der Waals surface area contributed by atoms with E-state index < -0.39 is 0 Å². The highest BCUT2D eigenvalue weighted by Gasteiger charge is 2.18. The Balaban J connectivity index is 2.03. The summed E-state index contributed by atoms with van der Waals surface area (Å²) in [5.41, 5.74) is 0.991. The fourth-order valence-electron chi connectivity index (χ4n) is 3.00. The van der Waals surface area contributed by atoms with Gasteiger partial charge in [0.25, 0.3) is 5.56 Å². The maximum Gasteiger partial charge on any atom is 0.298 e. The largest absolute Gasteiger partial charge is 0.381 e. The molecule has 26 heavy (non-hydrogen) atoms. The van der Waals surface area contributed by atoms with E-state index in [2.05, 4.69) is 4.98 Å². The van der Waals surface area contributed by atoms with Gasteiger partial charge in [-0.25, -0.2) is 9.37 Å². The summed E-state index contributed by atoms with van der Waals surface area (Å²) in [4.78, 5) is 30.3. The second-order valence-corrected chi connectivity index (χ2v) is 6.22. The number of aromatic nitrogens is 2. The summed E-state index contributed by atoms with van der Waals surface area (Å²) in [6, 6.07) is 5.76. The third kappa shape index (κ3) is 4.35. The predicted octanol–water partition coefficient (Wildman–Crippen LogP) is 2.12. The number of aldehydes is 1. The minimum absolute atomic E-state index is 0.243. The highest BCUT2D eigenvalue weighted by atomic mass is 19.1. The molecular weight excluding hydrogens is 337 g/mol. The first-order valence-electron chi connectivity index (χ1n) is 8.84. The molecule has 1 fully saturated rings. The van der Waals surface area contributed by atoms with Gasteiger partial charge in [-0.15, -0.1) is 0 Å². The molecule has 1 saturated heterocycles. The second kappa shape index (κ2) is 8.71. The van der Waals surface area contributed by atoms with Crippen LogP contribution in [0.15, 0.2) is 35.3 Å². The van der Waals surface area contributed by atoms with Gasteiger partial charge in [0.1, 0.15) is 12.1 Å². The molecule has 0 radical (unpaired) electrons. The van der Waals surface area contributed by atoms with Crippen molar-refractivity contribution >= 4 is 12.1 Å². The summed E-state index contributed by atoms with van der Waals surface area (Å²) in [7, 11) is 0. The molecule has 0 unspecified atom stereocenters. The van der Waals surface area contributed by atoms with Gasteiger partial charge < -0.3 is 14.4 Å². The number of nitrogens with zero attached hydrogens (tertiary/aromatic N) is 3. The smallest absolute Gasteiger partial charge is 0.298 e. The summed E-state index contributed by atoms with van der Waals surface area (Å²) in [6.07, 6.45) is 4.89. The average Bonchev–Trinajstić information content (AvgIpc) is 2.62. The Hall–Kier alpha value is -2.54. The Labute approximate surface area is 151 Å². The molecule has 0 aliphatic carbocycles. The lowest BCUT2D eigenvalue weighted by Gasteiger charge is -2.26. The van der Waals surface area contributed by atoms with Crippen molar-refractivity contribution in [3.63, 3.8) is 0 Å². The summed E-state index contributed by atoms with van der Waals surface area (Å²) >= 11 is 0. The first-order valence-corrected chi connectivity index (χ1v) is 8.84. The minimum Gasteiger partial charge on any atom is -0.381 e. The van der Waals surface area contributed by atoms with Crippen molar-refractivity contribution in [2.24, 2.45) is 0 Å². The SMILES string of the molecule is O=CCCc1cn(-c2ccc(F)cc2)c(=O)c(N2CCCOCCC2)n1. The fourth-order valence-corrected chi connectivity index (χ4v) is 3.00. The van der Waals surface area contributed by atoms with Gasteiger partial charge in [-0.2, -0.15) is 0 Å². The summed E-state index contributed by atoms with van der Waals surface area (Å²) in [5.74, 6) is 0.0145. The van der Waals surface area contributed by atoms with Crippen LogP contribution in [0.1, 0.15) is 25.0 Å². The molecule has 0 amide bonds. The van der Waals surface area contributed by atoms with E-state index in [1.165, 1.54) is 16.7 Å². The van der Waals surface area contributed by atoms with Crippen LogP contribution in [0.5, 0.6) is 0 Å². The number of halogens is 1. The van der Waals surface area contributed by atoms with Gasteiger partial charge in [0.2, 0.25) is 0 Å². The van der Waals surface area contributed by atoms with Crippen LogP contribution in [0.25, 0.3) is 5.69 Å². The number of hydrogen-bond donors (Lipinski definition) is 0. The summed E-state index contributed by atoms with van der Waals surface area (Å²) < 4.78 is 20.2. The van der Waals surface area contributed by atoms with E-state index in [0.717, 1.165) is 19.1 Å². The molecule has 1 aromatic heterocycles. The third-order valence-electron chi connectivity index (χ3n) is 4.29. The van der Waals surface area contributed by atoms with Gasteiger partial charge in [-0.05, 0) is 43.5 Å². The maximum atomic E-state index is 13.2. The topological polar surface area (TPSA) is 64.4 Å². The lowest BCUT2D eigenvalue weighted by Crippen LogP contribution is -2.37. The van der Waals surface area contributed by atoms with Crippen LogP contribution < -0.4 is 10.5 Å². The van der Waals surface area contributed by atoms with Gasteiger partial charge in [0.15, 0.2) is 5.82 Å². The number of benzene rings is 1. The van der Waals surface area contributed by atoms with Gasteiger partial charge in [-0.1, -0.05) is 0 Å². The number of carbonyl (C=O) groups excluding carboxylic acids is 1. The molecule has 7 heteroatoms. The number of rotatable bonds is 5. The van der Waals surface area contributed by atoms with Crippen molar-refractivity contribution in [3.05, 3.63) is 52.3 Å².